The smallest absolute Gasteiger partial charge is 0.252 e. The van der Waals surface area contributed by atoms with Crippen LogP contribution in [-0.2, 0) is 4.74 Å². The summed E-state index contributed by atoms with van der Waals surface area (Å²) in [6, 6.07) is 2.93. The highest BCUT2D eigenvalue weighted by molar-refractivity contribution is 7.99. The standard InChI is InChI=1S/C15H21N3O3S/c19-13-2-1-12(9-16-13)14(20)17-10-15(3-8-22-11-15)18-4-6-21-7-5-18/h1-2,9H,3-8,10-11H2,(H,16,19)(H,17,20)/t15-/m0/s1. The number of carbonyl (C=O) groups excluding carboxylic acids is 1. The lowest BCUT2D eigenvalue weighted by Crippen LogP contribution is -2.59. The van der Waals surface area contributed by atoms with Gasteiger partial charge in [0.15, 0.2) is 0 Å². The normalized spacial score (nSPS) is 26.0. The lowest BCUT2D eigenvalue weighted by molar-refractivity contribution is -0.0129. The molecule has 0 bridgehead atoms. The third kappa shape index (κ3) is 3.37. The topological polar surface area (TPSA) is 74.4 Å². The van der Waals surface area contributed by atoms with Gasteiger partial charge in [-0.3, -0.25) is 14.5 Å². The molecule has 3 heterocycles. The average molecular weight is 323 g/mol. The number of H-pyrrole nitrogens is 1. The number of hydrogen-bond acceptors (Lipinski definition) is 5. The van der Waals surface area contributed by atoms with Crippen LogP contribution in [0.3, 0.4) is 0 Å². The molecule has 1 aromatic heterocycles. The van der Waals surface area contributed by atoms with Crippen molar-refractivity contribution in [3.63, 3.8) is 0 Å². The van der Waals surface area contributed by atoms with E-state index in [-0.39, 0.29) is 17.0 Å². The van der Waals surface area contributed by atoms with E-state index in [2.05, 4.69) is 15.2 Å². The van der Waals surface area contributed by atoms with Crippen LogP contribution in [0, 0.1) is 0 Å². The van der Waals surface area contributed by atoms with E-state index >= 15 is 0 Å². The van der Waals surface area contributed by atoms with Gasteiger partial charge in [-0.1, -0.05) is 0 Å². The highest BCUT2D eigenvalue weighted by Crippen LogP contribution is 2.33. The Morgan fingerprint density at radius 1 is 1.41 bits per heavy atom. The number of aromatic amines is 1. The fourth-order valence-electron chi connectivity index (χ4n) is 3.03. The van der Waals surface area contributed by atoms with Gasteiger partial charge < -0.3 is 15.0 Å². The minimum absolute atomic E-state index is 0.0340. The first-order valence-electron chi connectivity index (χ1n) is 7.57. The Kier molecular flexibility index (Phi) is 4.85. The van der Waals surface area contributed by atoms with Gasteiger partial charge in [0, 0.05) is 43.2 Å². The molecule has 2 aliphatic rings. The second-order valence-corrected chi connectivity index (χ2v) is 6.86. The van der Waals surface area contributed by atoms with E-state index in [9.17, 15) is 9.59 Å². The van der Waals surface area contributed by atoms with Gasteiger partial charge in [-0.05, 0) is 18.2 Å². The van der Waals surface area contributed by atoms with Crippen LogP contribution >= 0.6 is 11.8 Å². The SMILES string of the molecule is O=C(NC[C@@]1(N2CCOCC2)CCSC1)c1ccc(=O)[nH]c1. The van der Waals surface area contributed by atoms with Crippen molar-refractivity contribution in [1.29, 1.82) is 0 Å². The molecular formula is C15H21N3O3S. The zero-order valence-electron chi connectivity index (χ0n) is 12.5. The Hall–Kier alpha value is -1.31. The predicted molar refractivity (Wildman–Crippen MR) is 86.5 cm³/mol. The van der Waals surface area contributed by atoms with Crippen molar-refractivity contribution in [2.24, 2.45) is 0 Å². The maximum Gasteiger partial charge on any atom is 0.252 e. The van der Waals surface area contributed by atoms with Gasteiger partial charge in [-0.15, -0.1) is 0 Å². The third-order valence-corrected chi connectivity index (χ3v) is 5.62. The second-order valence-electron chi connectivity index (χ2n) is 5.75. The Balaban J connectivity index is 1.65. The number of pyridine rings is 1. The summed E-state index contributed by atoms with van der Waals surface area (Å²) in [5.74, 6) is 2.03. The van der Waals surface area contributed by atoms with Crippen molar-refractivity contribution >= 4 is 17.7 Å². The summed E-state index contributed by atoms with van der Waals surface area (Å²) in [5, 5.41) is 3.04. The molecule has 3 rings (SSSR count). The number of nitrogens with zero attached hydrogens (tertiary/aromatic N) is 1. The zero-order chi connectivity index (χ0) is 15.4. The number of carbonyl (C=O) groups is 1. The molecular weight excluding hydrogens is 302 g/mol. The lowest BCUT2D eigenvalue weighted by Gasteiger charge is -2.43. The highest BCUT2D eigenvalue weighted by Gasteiger charge is 2.40. The summed E-state index contributed by atoms with van der Waals surface area (Å²) in [7, 11) is 0. The number of nitrogens with one attached hydrogen (secondary N) is 2. The van der Waals surface area contributed by atoms with Crippen molar-refractivity contribution in [3.05, 3.63) is 34.2 Å². The van der Waals surface area contributed by atoms with E-state index in [0.717, 1.165) is 44.2 Å². The Labute approximate surface area is 133 Å². The van der Waals surface area contributed by atoms with Crippen molar-refractivity contribution in [1.82, 2.24) is 15.2 Å². The van der Waals surface area contributed by atoms with Crippen LogP contribution in [0.2, 0.25) is 0 Å². The first-order chi connectivity index (χ1) is 10.7. The molecule has 6 nitrogen and oxygen atoms in total. The van der Waals surface area contributed by atoms with Crippen LogP contribution < -0.4 is 10.9 Å². The number of aromatic nitrogens is 1. The minimum atomic E-state index is -0.200. The van der Waals surface area contributed by atoms with Gasteiger partial charge in [-0.2, -0.15) is 11.8 Å². The molecule has 0 saturated carbocycles. The number of hydrogen-bond donors (Lipinski definition) is 2. The molecule has 0 radical (unpaired) electrons. The quantitative estimate of drug-likeness (QED) is 0.834. The fourth-order valence-corrected chi connectivity index (χ4v) is 4.51. The Morgan fingerprint density at radius 3 is 2.86 bits per heavy atom. The number of ether oxygens (including phenoxy) is 1. The summed E-state index contributed by atoms with van der Waals surface area (Å²) in [4.78, 5) is 28.3. The second kappa shape index (κ2) is 6.85. The van der Waals surface area contributed by atoms with Crippen molar-refractivity contribution < 1.29 is 9.53 Å². The van der Waals surface area contributed by atoms with Crippen LogP contribution in [0.25, 0.3) is 0 Å². The monoisotopic (exact) mass is 323 g/mol. The molecule has 0 unspecified atom stereocenters. The van der Waals surface area contributed by atoms with E-state index in [4.69, 9.17) is 4.74 Å². The molecule has 2 N–H and O–H groups in total. The van der Waals surface area contributed by atoms with Crippen molar-refractivity contribution in [2.45, 2.75) is 12.0 Å². The molecule has 7 heteroatoms. The summed E-state index contributed by atoms with van der Waals surface area (Å²) >= 11 is 1.94. The van der Waals surface area contributed by atoms with Gasteiger partial charge in [0.05, 0.1) is 18.8 Å². The van der Waals surface area contributed by atoms with E-state index < -0.39 is 0 Å². The van der Waals surface area contributed by atoms with Gasteiger partial charge in [-0.25, -0.2) is 0 Å². The van der Waals surface area contributed by atoms with Crippen LogP contribution in [0.4, 0.5) is 0 Å². The fraction of sp³-hybridized carbons (Fsp3) is 0.600. The van der Waals surface area contributed by atoms with Gasteiger partial charge >= 0.3 is 0 Å². The Morgan fingerprint density at radius 2 is 2.23 bits per heavy atom. The molecule has 2 saturated heterocycles. The van der Waals surface area contributed by atoms with E-state index in [1.807, 2.05) is 11.8 Å². The first kappa shape index (κ1) is 15.6. The van der Waals surface area contributed by atoms with E-state index in [1.165, 1.54) is 12.3 Å². The number of rotatable bonds is 4. The maximum absolute atomic E-state index is 12.3. The molecule has 0 spiro atoms. The molecule has 1 atom stereocenters. The third-order valence-electron chi connectivity index (χ3n) is 4.39. The first-order valence-corrected chi connectivity index (χ1v) is 8.73. The minimum Gasteiger partial charge on any atom is -0.379 e. The van der Waals surface area contributed by atoms with Gasteiger partial charge in [0.1, 0.15) is 0 Å². The van der Waals surface area contributed by atoms with Crippen LogP contribution in [0.1, 0.15) is 16.8 Å². The van der Waals surface area contributed by atoms with Crippen molar-refractivity contribution in [2.75, 3.05) is 44.4 Å². The van der Waals surface area contributed by atoms with Crippen LogP contribution in [0.15, 0.2) is 23.1 Å². The van der Waals surface area contributed by atoms with E-state index in [1.54, 1.807) is 6.07 Å². The number of thioether (sulfide) groups is 1. The average Bonchev–Trinajstić information content (AvgIpc) is 3.04. The lowest BCUT2D eigenvalue weighted by atomic mass is 9.95. The summed E-state index contributed by atoms with van der Waals surface area (Å²) in [6.45, 7) is 4.02. The summed E-state index contributed by atoms with van der Waals surface area (Å²) < 4.78 is 5.44. The number of amides is 1. The number of morpholine rings is 1. The van der Waals surface area contributed by atoms with Gasteiger partial charge in [0.25, 0.3) is 5.91 Å². The molecule has 22 heavy (non-hydrogen) atoms. The molecule has 0 aromatic carbocycles. The predicted octanol–water partition coefficient (Wildman–Crippen LogP) is 0.313. The maximum atomic E-state index is 12.3. The molecule has 0 aliphatic carbocycles. The molecule has 1 aromatic rings. The zero-order valence-corrected chi connectivity index (χ0v) is 13.3. The van der Waals surface area contributed by atoms with Crippen LogP contribution in [-0.4, -0.2) is 65.7 Å². The van der Waals surface area contributed by atoms with Gasteiger partial charge in [0.2, 0.25) is 5.56 Å². The van der Waals surface area contributed by atoms with E-state index in [0.29, 0.717) is 12.1 Å². The Bertz CT molecular complexity index is 557. The molecule has 1 amide bonds. The van der Waals surface area contributed by atoms with Crippen LogP contribution in [0.5, 0.6) is 0 Å². The molecule has 2 fully saturated rings. The summed E-state index contributed by atoms with van der Waals surface area (Å²) in [6.07, 6.45) is 2.55. The molecule has 120 valence electrons. The van der Waals surface area contributed by atoms with Crippen molar-refractivity contribution in [3.8, 4) is 0 Å². The summed E-state index contributed by atoms with van der Waals surface area (Å²) in [5.41, 5.74) is 0.322. The molecule has 2 aliphatic heterocycles. The largest absolute Gasteiger partial charge is 0.379 e. The highest BCUT2D eigenvalue weighted by atomic mass is 32.2.